The Morgan fingerprint density at radius 3 is 2.52 bits per heavy atom. The van der Waals surface area contributed by atoms with Gasteiger partial charge in [0.2, 0.25) is 5.91 Å². The number of amides is 1. The van der Waals surface area contributed by atoms with E-state index in [4.69, 9.17) is 0 Å². The van der Waals surface area contributed by atoms with E-state index in [2.05, 4.69) is 26.5 Å². The van der Waals surface area contributed by atoms with Gasteiger partial charge in [-0.05, 0) is 43.9 Å². The molecule has 0 heterocycles. The first-order valence-electron chi connectivity index (χ1n) is 7.93. The number of fused-ring (bicyclic) bond motifs is 1. The Morgan fingerprint density at radius 2 is 1.68 bits per heavy atom. The molecule has 1 amide bonds. The molecule has 3 nitrogen and oxygen atoms in total. The normalized spacial score (nSPS) is 11.8. The second kappa shape index (κ2) is 8.40. The van der Waals surface area contributed by atoms with E-state index in [1.54, 1.807) is 6.21 Å². The number of hydrogen-bond donors (Lipinski definition) is 1. The molecule has 0 unspecified atom stereocenters. The lowest BCUT2D eigenvalue weighted by Crippen LogP contribution is -2.19. The topological polar surface area (TPSA) is 41.5 Å². The quantitative estimate of drug-likeness (QED) is 0.485. The van der Waals surface area contributed by atoms with Gasteiger partial charge in [0, 0.05) is 4.48 Å². The van der Waals surface area contributed by atoms with E-state index in [0.717, 1.165) is 26.4 Å². The number of nitrogens with one attached hydrogen (secondary N) is 1. The average molecular weight is 393 g/mol. The molecule has 1 N–H and O–H groups in total. The molecule has 0 radical (unpaired) electrons. The van der Waals surface area contributed by atoms with Gasteiger partial charge in [-0.3, -0.25) is 4.79 Å². The molecular weight excluding hydrogens is 376 g/mol. The van der Waals surface area contributed by atoms with Gasteiger partial charge in [0.05, 0.1) is 12.6 Å². The van der Waals surface area contributed by atoms with E-state index < -0.39 is 0 Å². The van der Waals surface area contributed by atoms with Crippen LogP contribution in [0.1, 0.15) is 11.1 Å². The van der Waals surface area contributed by atoms with Crippen LogP contribution in [-0.2, 0) is 11.2 Å². The lowest BCUT2D eigenvalue weighted by Gasteiger charge is -2.05. The van der Waals surface area contributed by atoms with Gasteiger partial charge in [0.25, 0.3) is 0 Å². The van der Waals surface area contributed by atoms with Gasteiger partial charge in [0.1, 0.15) is 0 Å². The van der Waals surface area contributed by atoms with Gasteiger partial charge in [-0.15, -0.1) is 0 Å². The number of carbonyl (C=O) groups is 1. The Bertz CT molecular complexity index is 928. The molecule has 4 heteroatoms. The van der Waals surface area contributed by atoms with Crippen LogP contribution in [0.3, 0.4) is 0 Å². The lowest BCUT2D eigenvalue weighted by molar-refractivity contribution is -0.120. The summed E-state index contributed by atoms with van der Waals surface area (Å²) in [5.74, 6) is -0.146. The van der Waals surface area contributed by atoms with E-state index in [0.29, 0.717) is 6.42 Å². The Labute approximate surface area is 155 Å². The molecule has 3 rings (SSSR count). The Hall–Kier alpha value is -2.72. The zero-order chi connectivity index (χ0) is 17.5. The molecule has 0 fully saturated rings. The molecule has 0 aliphatic heterocycles. The number of hydrogen-bond acceptors (Lipinski definition) is 2. The molecule has 0 aromatic heterocycles. The van der Waals surface area contributed by atoms with Crippen molar-refractivity contribution in [3.05, 3.63) is 88.4 Å². The lowest BCUT2D eigenvalue weighted by atomic mass is 10.0. The van der Waals surface area contributed by atoms with Gasteiger partial charge >= 0.3 is 0 Å². The van der Waals surface area contributed by atoms with Crippen LogP contribution >= 0.6 is 15.9 Å². The summed E-state index contributed by atoms with van der Waals surface area (Å²) in [6.07, 6.45) is 3.80. The van der Waals surface area contributed by atoms with Crippen LogP contribution in [0.2, 0.25) is 0 Å². The second-order valence-electron chi connectivity index (χ2n) is 5.55. The molecule has 0 aliphatic rings. The molecule has 25 heavy (non-hydrogen) atoms. The van der Waals surface area contributed by atoms with Gasteiger partial charge in [0.15, 0.2) is 0 Å². The molecule has 3 aromatic rings. The fourth-order valence-corrected chi connectivity index (χ4v) is 2.94. The van der Waals surface area contributed by atoms with E-state index in [-0.39, 0.29) is 5.91 Å². The fourth-order valence-electron chi connectivity index (χ4n) is 2.57. The highest BCUT2D eigenvalue weighted by Gasteiger charge is 2.05. The summed E-state index contributed by atoms with van der Waals surface area (Å²) >= 11 is 3.42. The number of carbonyl (C=O) groups excluding carboxylic acids is 1. The summed E-state index contributed by atoms with van der Waals surface area (Å²) in [6.45, 7) is 0. The van der Waals surface area contributed by atoms with Crippen molar-refractivity contribution in [2.45, 2.75) is 6.42 Å². The Balaban J connectivity index is 1.62. The third kappa shape index (κ3) is 4.88. The fraction of sp³-hybridized carbons (Fsp3) is 0.0476. The number of allylic oxidation sites excluding steroid dienone is 1. The summed E-state index contributed by atoms with van der Waals surface area (Å²) in [5.41, 5.74) is 4.62. The highest BCUT2D eigenvalue weighted by molar-refractivity contribution is 9.12. The van der Waals surface area contributed by atoms with Crippen LogP contribution in [0.4, 0.5) is 0 Å². The summed E-state index contributed by atoms with van der Waals surface area (Å²) in [7, 11) is 0. The molecule has 124 valence electrons. The number of hydrazone groups is 1. The molecule has 0 spiro atoms. The highest BCUT2D eigenvalue weighted by Crippen LogP contribution is 2.18. The van der Waals surface area contributed by atoms with E-state index in [1.165, 1.54) is 0 Å². The summed E-state index contributed by atoms with van der Waals surface area (Å²) in [6, 6.07) is 23.9. The van der Waals surface area contributed by atoms with Crippen molar-refractivity contribution in [1.29, 1.82) is 0 Å². The molecule has 0 bridgehead atoms. The Morgan fingerprint density at radius 1 is 0.960 bits per heavy atom. The van der Waals surface area contributed by atoms with Crippen LogP contribution in [0.25, 0.3) is 16.8 Å². The first kappa shape index (κ1) is 17.1. The van der Waals surface area contributed by atoms with Gasteiger partial charge < -0.3 is 0 Å². The molecule has 0 saturated carbocycles. The number of rotatable bonds is 5. The smallest absolute Gasteiger partial charge is 0.244 e. The van der Waals surface area contributed by atoms with Gasteiger partial charge in [-0.2, -0.15) is 5.10 Å². The van der Waals surface area contributed by atoms with Crippen LogP contribution in [0.5, 0.6) is 0 Å². The van der Waals surface area contributed by atoms with Crippen LogP contribution in [-0.4, -0.2) is 12.1 Å². The minimum Gasteiger partial charge on any atom is -0.273 e. The van der Waals surface area contributed by atoms with E-state index in [1.807, 2.05) is 78.9 Å². The van der Waals surface area contributed by atoms with Crippen molar-refractivity contribution < 1.29 is 4.79 Å². The molecular formula is C21H17BrN2O. The maximum atomic E-state index is 12.1. The van der Waals surface area contributed by atoms with Crippen molar-refractivity contribution in [2.75, 3.05) is 0 Å². The molecule has 0 saturated heterocycles. The SMILES string of the molecule is O=C(Cc1cccc2ccccc12)NN=C/C(Br)=C\c1ccccc1. The highest BCUT2D eigenvalue weighted by atomic mass is 79.9. The molecule has 0 aliphatic carbocycles. The third-order valence-corrected chi connectivity index (χ3v) is 4.15. The van der Waals surface area contributed by atoms with Crippen molar-refractivity contribution >= 4 is 44.9 Å². The predicted octanol–water partition coefficient (Wildman–Crippen LogP) is 4.92. The first-order valence-corrected chi connectivity index (χ1v) is 8.72. The number of nitrogens with zero attached hydrogens (tertiary/aromatic N) is 1. The maximum absolute atomic E-state index is 12.1. The minimum atomic E-state index is -0.146. The average Bonchev–Trinajstić information content (AvgIpc) is 2.63. The van der Waals surface area contributed by atoms with Crippen LogP contribution in [0.15, 0.2) is 82.4 Å². The predicted molar refractivity (Wildman–Crippen MR) is 108 cm³/mol. The standard InChI is InChI=1S/C21H17BrN2O/c22-19(13-16-7-2-1-3-8-16)15-23-24-21(25)14-18-11-6-10-17-9-4-5-12-20(17)18/h1-13,15H,14H2,(H,24,25)/b19-13+,23-15?. The van der Waals surface area contributed by atoms with Gasteiger partial charge in [-0.25, -0.2) is 5.43 Å². The monoisotopic (exact) mass is 392 g/mol. The Kier molecular flexibility index (Phi) is 5.75. The van der Waals surface area contributed by atoms with E-state index >= 15 is 0 Å². The van der Waals surface area contributed by atoms with Crippen LogP contribution < -0.4 is 5.43 Å². The van der Waals surface area contributed by atoms with Crippen LogP contribution in [0, 0.1) is 0 Å². The molecule has 0 atom stereocenters. The van der Waals surface area contributed by atoms with Crippen molar-refractivity contribution in [2.24, 2.45) is 5.10 Å². The first-order chi connectivity index (χ1) is 12.2. The zero-order valence-electron chi connectivity index (χ0n) is 13.5. The van der Waals surface area contributed by atoms with E-state index in [9.17, 15) is 4.79 Å². The number of halogens is 1. The maximum Gasteiger partial charge on any atom is 0.244 e. The van der Waals surface area contributed by atoms with Crippen molar-refractivity contribution in [3.63, 3.8) is 0 Å². The van der Waals surface area contributed by atoms with Crippen molar-refractivity contribution in [1.82, 2.24) is 5.43 Å². The minimum absolute atomic E-state index is 0.146. The molecule has 3 aromatic carbocycles. The second-order valence-corrected chi connectivity index (χ2v) is 6.46. The largest absolute Gasteiger partial charge is 0.273 e. The number of benzene rings is 3. The van der Waals surface area contributed by atoms with Gasteiger partial charge in [-0.1, -0.05) is 72.8 Å². The zero-order valence-corrected chi connectivity index (χ0v) is 15.1. The summed E-state index contributed by atoms with van der Waals surface area (Å²) in [5, 5.41) is 6.23. The third-order valence-electron chi connectivity index (χ3n) is 3.71. The summed E-state index contributed by atoms with van der Waals surface area (Å²) < 4.78 is 0.782. The summed E-state index contributed by atoms with van der Waals surface area (Å²) in [4.78, 5) is 12.1. The van der Waals surface area contributed by atoms with Crippen molar-refractivity contribution in [3.8, 4) is 0 Å².